The van der Waals surface area contributed by atoms with Crippen LogP contribution in [-0.2, 0) is 27.3 Å². The standard InChI is InChI=1S/C26H35N3O6/c1-34-25(33)23-19-7-11-28(24(32)18-17-26(18)8-3-2-4-9-26)12-13-29(19)22(31)16-20(23)35-15-14-27-10-5-6-21(27)30/h16,18H,2-15,17H2,1H3/t18-/m0/s1. The maximum atomic E-state index is 13.3. The van der Waals surface area contributed by atoms with Gasteiger partial charge in [-0.15, -0.1) is 0 Å². The smallest absolute Gasteiger partial charge is 0.343 e. The fourth-order valence-electron chi connectivity index (χ4n) is 6.34. The Hall–Kier alpha value is -2.84. The van der Waals surface area contributed by atoms with Gasteiger partial charge in [-0.25, -0.2) is 4.79 Å². The van der Waals surface area contributed by atoms with E-state index in [1.54, 1.807) is 9.47 Å². The predicted molar refractivity (Wildman–Crippen MR) is 127 cm³/mol. The number of fused-ring (bicyclic) bond motifs is 1. The molecule has 3 heterocycles. The number of esters is 1. The van der Waals surface area contributed by atoms with E-state index in [0.717, 1.165) is 25.7 Å². The van der Waals surface area contributed by atoms with Crippen molar-refractivity contribution in [2.24, 2.45) is 11.3 Å². The number of aromatic nitrogens is 1. The second kappa shape index (κ2) is 9.66. The summed E-state index contributed by atoms with van der Waals surface area (Å²) in [5.41, 5.74) is 0.740. The third kappa shape index (κ3) is 4.57. The molecule has 1 spiro atoms. The van der Waals surface area contributed by atoms with Crippen molar-refractivity contribution in [3.05, 3.63) is 27.7 Å². The highest BCUT2D eigenvalue weighted by molar-refractivity contribution is 5.93. The third-order valence-electron chi connectivity index (χ3n) is 8.42. The van der Waals surface area contributed by atoms with Crippen LogP contribution in [0.3, 0.4) is 0 Å². The minimum absolute atomic E-state index is 0.0965. The van der Waals surface area contributed by atoms with Crippen molar-refractivity contribution in [3.63, 3.8) is 0 Å². The normalized spacial score (nSPS) is 23.1. The number of amides is 2. The van der Waals surface area contributed by atoms with E-state index < -0.39 is 5.97 Å². The Kier molecular flexibility index (Phi) is 6.59. The number of carbonyl (C=O) groups excluding carboxylic acids is 3. The van der Waals surface area contributed by atoms with Gasteiger partial charge < -0.3 is 23.8 Å². The van der Waals surface area contributed by atoms with Crippen LogP contribution in [-0.4, -0.2) is 72.0 Å². The first-order valence-electron chi connectivity index (χ1n) is 13.0. The molecule has 1 saturated heterocycles. The minimum Gasteiger partial charge on any atom is -0.491 e. The van der Waals surface area contributed by atoms with Gasteiger partial charge in [-0.05, 0) is 31.1 Å². The van der Waals surface area contributed by atoms with Crippen LogP contribution in [0.2, 0.25) is 0 Å². The molecule has 4 aliphatic rings. The molecule has 0 radical (unpaired) electrons. The lowest BCUT2D eigenvalue weighted by Gasteiger charge is -2.25. The van der Waals surface area contributed by atoms with E-state index >= 15 is 0 Å². The van der Waals surface area contributed by atoms with Crippen LogP contribution < -0.4 is 10.3 Å². The molecule has 9 heteroatoms. The monoisotopic (exact) mass is 485 g/mol. The average Bonchev–Trinajstić information content (AvgIpc) is 3.47. The first-order chi connectivity index (χ1) is 16.9. The summed E-state index contributed by atoms with van der Waals surface area (Å²) in [5, 5.41) is 0. The second-order valence-corrected chi connectivity index (χ2v) is 10.4. The molecular formula is C26H35N3O6. The van der Waals surface area contributed by atoms with Gasteiger partial charge in [0.25, 0.3) is 5.56 Å². The average molecular weight is 486 g/mol. The lowest BCUT2D eigenvalue weighted by Crippen LogP contribution is -2.36. The lowest BCUT2D eigenvalue weighted by molar-refractivity contribution is -0.133. The summed E-state index contributed by atoms with van der Waals surface area (Å²) in [6.07, 6.45) is 8.73. The number of nitrogens with zero attached hydrogens (tertiary/aromatic N) is 3. The van der Waals surface area contributed by atoms with Gasteiger partial charge in [0.1, 0.15) is 17.9 Å². The Labute approximate surface area is 205 Å². The van der Waals surface area contributed by atoms with Crippen molar-refractivity contribution in [2.75, 3.05) is 39.9 Å². The maximum Gasteiger partial charge on any atom is 0.343 e. The van der Waals surface area contributed by atoms with Crippen LogP contribution in [0.15, 0.2) is 10.9 Å². The van der Waals surface area contributed by atoms with E-state index in [1.165, 1.54) is 32.4 Å². The third-order valence-corrected chi connectivity index (χ3v) is 8.42. The van der Waals surface area contributed by atoms with E-state index in [4.69, 9.17) is 9.47 Å². The molecule has 0 N–H and O–H groups in total. The van der Waals surface area contributed by atoms with Gasteiger partial charge in [0.15, 0.2) is 0 Å². The highest BCUT2D eigenvalue weighted by Crippen LogP contribution is 2.61. The molecule has 0 aromatic carbocycles. The Bertz CT molecular complexity index is 1070. The summed E-state index contributed by atoms with van der Waals surface area (Å²) in [7, 11) is 1.31. The molecule has 0 bridgehead atoms. The molecule has 35 heavy (non-hydrogen) atoms. The van der Waals surface area contributed by atoms with Crippen LogP contribution in [0.5, 0.6) is 5.75 Å². The number of rotatable bonds is 6. The molecule has 2 amide bonds. The Balaban J connectivity index is 1.32. The molecule has 1 atom stereocenters. The van der Waals surface area contributed by atoms with E-state index in [9.17, 15) is 19.2 Å². The molecule has 2 aliphatic carbocycles. The largest absolute Gasteiger partial charge is 0.491 e. The van der Waals surface area contributed by atoms with Crippen molar-refractivity contribution < 1.29 is 23.9 Å². The molecule has 2 aliphatic heterocycles. The van der Waals surface area contributed by atoms with Crippen molar-refractivity contribution in [1.82, 2.24) is 14.4 Å². The molecule has 5 rings (SSSR count). The Morgan fingerprint density at radius 2 is 1.83 bits per heavy atom. The molecule has 190 valence electrons. The highest BCUT2D eigenvalue weighted by Gasteiger charge is 2.58. The second-order valence-electron chi connectivity index (χ2n) is 10.4. The first kappa shape index (κ1) is 23.9. The summed E-state index contributed by atoms with van der Waals surface area (Å²) in [5.74, 6) is 0.0124. The molecule has 0 unspecified atom stereocenters. The molecular weight excluding hydrogens is 450 g/mol. The fourth-order valence-corrected chi connectivity index (χ4v) is 6.34. The summed E-state index contributed by atoms with van der Waals surface area (Å²) in [6.45, 7) is 2.55. The Morgan fingerprint density at radius 1 is 1.03 bits per heavy atom. The fraction of sp³-hybridized carbons (Fsp3) is 0.692. The van der Waals surface area contributed by atoms with Crippen molar-refractivity contribution in [3.8, 4) is 5.75 Å². The van der Waals surface area contributed by atoms with Gasteiger partial charge in [0, 0.05) is 56.7 Å². The molecule has 1 aromatic heterocycles. The van der Waals surface area contributed by atoms with Gasteiger partial charge in [-0.3, -0.25) is 14.4 Å². The van der Waals surface area contributed by atoms with E-state index in [2.05, 4.69) is 0 Å². The zero-order valence-corrected chi connectivity index (χ0v) is 20.6. The van der Waals surface area contributed by atoms with Crippen LogP contribution in [0.25, 0.3) is 0 Å². The summed E-state index contributed by atoms with van der Waals surface area (Å²) < 4.78 is 12.5. The van der Waals surface area contributed by atoms with Gasteiger partial charge in [-0.2, -0.15) is 0 Å². The van der Waals surface area contributed by atoms with Crippen LogP contribution in [0, 0.1) is 11.3 Å². The van der Waals surface area contributed by atoms with E-state index in [1.807, 2.05) is 4.90 Å². The molecule has 1 aromatic rings. The maximum absolute atomic E-state index is 13.3. The van der Waals surface area contributed by atoms with E-state index in [0.29, 0.717) is 51.3 Å². The molecule has 2 saturated carbocycles. The number of hydrogen-bond acceptors (Lipinski definition) is 6. The van der Waals surface area contributed by atoms with Crippen LogP contribution >= 0.6 is 0 Å². The van der Waals surface area contributed by atoms with Crippen LogP contribution in [0.4, 0.5) is 0 Å². The van der Waals surface area contributed by atoms with Gasteiger partial charge >= 0.3 is 5.97 Å². The topological polar surface area (TPSA) is 98.2 Å². The zero-order valence-electron chi connectivity index (χ0n) is 20.6. The predicted octanol–water partition coefficient (Wildman–Crippen LogP) is 1.99. The number of hydrogen-bond donors (Lipinski definition) is 0. The number of likely N-dealkylation sites (tertiary alicyclic amines) is 1. The minimum atomic E-state index is -0.566. The first-order valence-corrected chi connectivity index (χ1v) is 13.0. The van der Waals surface area contributed by atoms with Gasteiger partial charge in [0.2, 0.25) is 11.8 Å². The molecule has 9 nitrogen and oxygen atoms in total. The molecule has 3 fully saturated rings. The number of ether oxygens (including phenoxy) is 2. The number of pyridine rings is 1. The van der Waals surface area contributed by atoms with Crippen LogP contribution in [0.1, 0.15) is 67.4 Å². The quantitative estimate of drug-likeness (QED) is 0.572. The highest BCUT2D eigenvalue weighted by atomic mass is 16.5. The van der Waals surface area contributed by atoms with Gasteiger partial charge in [-0.1, -0.05) is 19.3 Å². The van der Waals surface area contributed by atoms with Crippen molar-refractivity contribution >= 4 is 17.8 Å². The summed E-state index contributed by atoms with van der Waals surface area (Å²) >= 11 is 0. The lowest BCUT2D eigenvalue weighted by atomic mass is 9.84. The summed E-state index contributed by atoms with van der Waals surface area (Å²) in [6, 6.07) is 1.33. The number of methoxy groups -OCH3 is 1. The van der Waals surface area contributed by atoms with Gasteiger partial charge in [0.05, 0.1) is 13.7 Å². The SMILES string of the molecule is COC(=O)c1c(OCCN2CCCC2=O)cc(=O)n2c1CCN(C(=O)[C@@H]1CC13CCCCC3)CC2. The van der Waals surface area contributed by atoms with Crippen molar-refractivity contribution in [2.45, 2.75) is 64.3 Å². The van der Waals surface area contributed by atoms with E-state index in [-0.39, 0.29) is 46.6 Å². The zero-order chi connectivity index (χ0) is 24.6. The van der Waals surface area contributed by atoms with Crippen molar-refractivity contribution in [1.29, 1.82) is 0 Å². The Morgan fingerprint density at radius 3 is 2.54 bits per heavy atom. The summed E-state index contributed by atoms with van der Waals surface area (Å²) in [4.78, 5) is 54.6. The number of carbonyl (C=O) groups is 3.